The number of carboxylic acid groups (broad SMARTS) is 3. The molecule has 1 aromatic carbocycles. The van der Waals surface area contributed by atoms with Crippen molar-refractivity contribution in [3.8, 4) is 0 Å². The first-order valence-corrected chi connectivity index (χ1v) is 12.4. The van der Waals surface area contributed by atoms with Gasteiger partial charge in [0.1, 0.15) is 0 Å². The van der Waals surface area contributed by atoms with Gasteiger partial charge in [-0.05, 0) is 45.5 Å². The number of nitrogens with zero attached hydrogens (tertiary/aromatic N) is 4. The lowest BCUT2D eigenvalue weighted by Crippen LogP contribution is -2.42. The average molecular weight is 519 g/mol. The molecule has 1 aliphatic rings. The molecule has 204 valence electrons. The number of hydrogen-bond donors (Lipinski definition) is 4. The maximum Gasteiger partial charge on any atom is 0.336 e. The van der Waals surface area contributed by atoms with E-state index in [-0.39, 0.29) is 0 Å². The number of aromatic nitrogens is 2. The predicted octanol–water partition coefficient (Wildman–Crippen LogP) is 1.91. The lowest BCUT2D eigenvalue weighted by molar-refractivity contribution is -0.170. The van der Waals surface area contributed by atoms with E-state index < -0.39 is 36.4 Å². The summed E-state index contributed by atoms with van der Waals surface area (Å²) in [7, 11) is 2.22. The van der Waals surface area contributed by atoms with E-state index in [9.17, 15) is 14.4 Å². The molecule has 2 heterocycles. The van der Waals surface area contributed by atoms with Crippen molar-refractivity contribution in [1.82, 2.24) is 19.6 Å². The predicted molar refractivity (Wildman–Crippen MR) is 136 cm³/mol. The van der Waals surface area contributed by atoms with Crippen LogP contribution in [0.4, 0.5) is 0 Å². The van der Waals surface area contributed by atoms with E-state index >= 15 is 0 Å². The number of aliphatic hydroxyl groups is 1. The molecule has 0 atom stereocenters. The Morgan fingerprint density at radius 1 is 1.00 bits per heavy atom. The van der Waals surface area contributed by atoms with Crippen LogP contribution in [0.5, 0.6) is 0 Å². The van der Waals surface area contributed by atoms with E-state index in [0.717, 1.165) is 19.6 Å². The third-order valence-corrected chi connectivity index (χ3v) is 6.35. The standard InChI is InChI=1S/C20H30N4.C6H8O7/c1-18-20(15-21-24(18)16-19-9-5-3-6-10-19)17-22(2)13-14-23-11-7-4-8-12-23;7-3(8)1-6(13,5(11)12)2-4(9)10/h3,5-6,9-10,15H,4,7-8,11-14,16-17H2,1-2H3;13H,1-2H2,(H,7,8)(H,9,10)(H,11,12). The van der Waals surface area contributed by atoms with E-state index in [2.05, 4.69) is 63.9 Å². The number of piperidine rings is 1. The molecule has 1 saturated heterocycles. The van der Waals surface area contributed by atoms with Crippen LogP contribution < -0.4 is 0 Å². The molecule has 0 saturated carbocycles. The van der Waals surface area contributed by atoms with E-state index in [1.165, 1.54) is 55.7 Å². The minimum atomic E-state index is -2.74. The fraction of sp³-hybridized carbons (Fsp3) is 0.538. The van der Waals surface area contributed by atoms with Crippen molar-refractivity contribution in [2.24, 2.45) is 0 Å². The summed E-state index contributed by atoms with van der Waals surface area (Å²) in [6.45, 7) is 8.89. The summed E-state index contributed by atoms with van der Waals surface area (Å²) in [5, 5.41) is 38.4. The summed E-state index contributed by atoms with van der Waals surface area (Å²) in [5.41, 5.74) is 1.18. The topological polar surface area (TPSA) is 156 Å². The van der Waals surface area contributed by atoms with E-state index in [1.807, 2.05) is 6.20 Å². The van der Waals surface area contributed by atoms with Crippen LogP contribution in [0.15, 0.2) is 36.5 Å². The van der Waals surface area contributed by atoms with Gasteiger partial charge in [0.25, 0.3) is 0 Å². The van der Waals surface area contributed by atoms with Crippen molar-refractivity contribution in [1.29, 1.82) is 0 Å². The van der Waals surface area contributed by atoms with Crippen LogP contribution in [0, 0.1) is 6.92 Å². The van der Waals surface area contributed by atoms with Crippen LogP contribution in [-0.2, 0) is 27.5 Å². The smallest absolute Gasteiger partial charge is 0.336 e. The SMILES string of the molecule is Cc1c(CN(C)CCN2CCCCC2)cnn1Cc1ccccc1.O=C(O)CC(O)(CC(=O)O)C(=O)O. The van der Waals surface area contributed by atoms with Gasteiger partial charge < -0.3 is 30.2 Å². The number of likely N-dealkylation sites (tertiary alicyclic amines) is 1. The molecule has 1 aromatic heterocycles. The summed E-state index contributed by atoms with van der Waals surface area (Å²) in [4.78, 5) is 35.5. The Labute approximate surface area is 216 Å². The first-order valence-electron chi connectivity index (χ1n) is 12.4. The number of benzene rings is 1. The van der Waals surface area contributed by atoms with Crippen molar-refractivity contribution < 1.29 is 34.8 Å². The van der Waals surface area contributed by atoms with Crippen LogP contribution in [0.25, 0.3) is 0 Å². The molecule has 0 aliphatic carbocycles. The van der Waals surface area contributed by atoms with Gasteiger partial charge in [0.2, 0.25) is 0 Å². The first kappa shape index (κ1) is 29.9. The molecule has 0 spiro atoms. The molecule has 2 aromatic rings. The Hall–Kier alpha value is -3.28. The van der Waals surface area contributed by atoms with Gasteiger partial charge in [-0.3, -0.25) is 14.3 Å². The van der Waals surface area contributed by atoms with E-state index in [0.29, 0.717) is 0 Å². The highest BCUT2D eigenvalue weighted by atomic mass is 16.4. The molecule has 1 aliphatic heterocycles. The lowest BCUT2D eigenvalue weighted by Gasteiger charge is -2.28. The number of aliphatic carboxylic acids is 3. The third kappa shape index (κ3) is 10.3. The Balaban J connectivity index is 0.000000317. The Morgan fingerprint density at radius 2 is 1.59 bits per heavy atom. The Kier molecular flexibility index (Phi) is 11.7. The van der Waals surface area contributed by atoms with Crippen molar-refractivity contribution in [2.45, 2.75) is 57.7 Å². The largest absolute Gasteiger partial charge is 0.481 e. The second-order valence-corrected chi connectivity index (χ2v) is 9.52. The zero-order chi connectivity index (χ0) is 27.4. The molecule has 0 unspecified atom stereocenters. The van der Waals surface area contributed by atoms with Gasteiger partial charge in [0, 0.05) is 30.9 Å². The van der Waals surface area contributed by atoms with Gasteiger partial charge in [0.15, 0.2) is 5.60 Å². The van der Waals surface area contributed by atoms with Gasteiger partial charge in [-0.1, -0.05) is 36.8 Å². The van der Waals surface area contributed by atoms with Crippen molar-refractivity contribution >= 4 is 17.9 Å². The van der Waals surface area contributed by atoms with Gasteiger partial charge in [-0.2, -0.15) is 5.10 Å². The molecule has 0 bridgehead atoms. The van der Waals surface area contributed by atoms with Crippen LogP contribution in [0.3, 0.4) is 0 Å². The normalized spacial score (nSPS) is 14.2. The van der Waals surface area contributed by atoms with Gasteiger partial charge in [0.05, 0.1) is 25.6 Å². The molecule has 1 fully saturated rings. The van der Waals surface area contributed by atoms with Crippen LogP contribution >= 0.6 is 0 Å². The van der Waals surface area contributed by atoms with Crippen molar-refractivity contribution in [2.75, 3.05) is 33.2 Å². The number of carbonyl (C=O) groups is 3. The lowest BCUT2D eigenvalue weighted by atomic mass is 9.96. The highest BCUT2D eigenvalue weighted by Crippen LogP contribution is 2.16. The molecule has 11 nitrogen and oxygen atoms in total. The molecule has 0 radical (unpaired) electrons. The number of rotatable bonds is 12. The zero-order valence-electron chi connectivity index (χ0n) is 21.5. The summed E-state index contributed by atoms with van der Waals surface area (Å²) in [6.07, 6.45) is 3.90. The van der Waals surface area contributed by atoms with Gasteiger partial charge in [-0.15, -0.1) is 0 Å². The van der Waals surface area contributed by atoms with E-state index in [1.54, 1.807) is 0 Å². The third-order valence-electron chi connectivity index (χ3n) is 6.35. The number of likely N-dealkylation sites (N-methyl/N-ethyl adjacent to an activating group) is 1. The van der Waals surface area contributed by atoms with Gasteiger partial charge in [-0.25, -0.2) is 4.79 Å². The Morgan fingerprint density at radius 3 is 2.14 bits per heavy atom. The van der Waals surface area contributed by atoms with Crippen LogP contribution in [0.1, 0.15) is 48.9 Å². The van der Waals surface area contributed by atoms with Crippen LogP contribution in [0.2, 0.25) is 0 Å². The minimum Gasteiger partial charge on any atom is -0.481 e. The first-order chi connectivity index (χ1) is 17.5. The fourth-order valence-corrected chi connectivity index (χ4v) is 4.14. The molecule has 0 amide bonds. The quantitative estimate of drug-likeness (QED) is 0.327. The highest BCUT2D eigenvalue weighted by molar-refractivity contribution is 5.88. The highest BCUT2D eigenvalue weighted by Gasteiger charge is 2.40. The molecule has 3 rings (SSSR count). The summed E-state index contributed by atoms with van der Waals surface area (Å²) in [5.74, 6) is -5.02. The number of carboxylic acids is 3. The maximum atomic E-state index is 10.3. The molecular weight excluding hydrogens is 480 g/mol. The second-order valence-electron chi connectivity index (χ2n) is 9.52. The van der Waals surface area contributed by atoms with Crippen molar-refractivity contribution in [3.05, 3.63) is 53.3 Å². The average Bonchev–Trinajstić information content (AvgIpc) is 3.17. The maximum absolute atomic E-state index is 10.3. The Bertz CT molecular complexity index is 1000. The fourth-order valence-electron chi connectivity index (χ4n) is 4.14. The monoisotopic (exact) mass is 518 g/mol. The van der Waals surface area contributed by atoms with E-state index in [4.69, 9.17) is 20.4 Å². The second kappa shape index (κ2) is 14.5. The van der Waals surface area contributed by atoms with Crippen LogP contribution in [-0.4, -0.2) is 96.7 Å². The molecule has 11 heteroatoms. The molecular formula is C26H38N4O7. The van der Waals surface area contributed by atoms with Crippen molar-refractivity contribution in [3.63, 3.8) is 0 Å². The molecule has 4 N–H and O–H groups in total. The summed E-state index contributed by atoms with van der Waals surface area (Å²) >= 11 is 0. The summed E-state index contributed by atoms with van der Waals surface area (Å²) < 4.78 is 2.11. The molecule has 37 heavy (non-hydrogen) atoms. The minimum absolute atomic E-state index is 0.851. The van der Waals surface area contributed by atoms with Gasteiger partial charge >= 0.3 is 17.9 Å². The summed E-state index contributed by atoms with van der Waals surface area (Å²) in [6, 6.07) is 10.5. The zero-order valence-corrected chi connectivity index (χ0v) is 21.5. The number of hydrogen-bond acceptors (Lipinski definition) is 7.